The fourth-order valence-corrected chi connectivity index (χ4v) is 10.6. The number of quaternary nitrogens is 1. The number of allylic oxidation sites excluding steroid dienone is 20. The molecule has 8 nitrogen and oxygen atoms in total. The van der Waals surface area contributed by atoms with Gasteiger partial charge in [-0.1, -0.05) is 322 Å². The number of phosphoric acid groups is 1. The third kappa shape index (κ3) is 66.4. The van der Waals surface area contributed by atoms with E-state index >= 15 is 0 Å². The SMILES string of the molecule is CC/C=C\C/C=C\C/C=C\C/C=C\C/C=C\C/C=C\C/C=C\C/C=C\C/C=C\C/C=C\CCCCCCCCCCC(=O)NC(COP(=O)(O)OCC[N+](C)(C)C)C(O)CCCCCCCCCCCCCCCCCCCCCCCCC. The Morgan fingerprint density at radius 1 is 0.417 bits per heavy atom. The Balaban J connectivity index is 4.11. The summed E-state index contributed by atoms with van der Waals surface area (Å²) in [5.41, 5.74) is 0. The van der Waals surface area contributed by atoms with Crippen LogP contribution in [0.5, 0.6) is 0 Å². The highest BCUT2D eigenvalue weighted by Crippen LogP contribution is 2.43. The van der Waals surface area contributed by atoms with Crippen LogP contribution in [0.1, 0.15) is 296 Å². The molecule has 0 aromatic carbocycles. The molecule has 0 heterocycles. The fraction of sp³-hybridized carbons (Fsp3) is 0.720. The van der Waals surface area contributed by atoms with Gasteiger partial charge < -0.3 is 19.8 Å². The van der Waals surface area contributed by atoms with Crippen LogP contribution in [0, 0.1) is 0 Å². The number of carbonyl (C=O) groups is 1. The van der Waals surface area contributed by atoms with Crippen molar-refractivity contribution >= 4 is 13.7 Å². The summed E-state index contributed by atoms with van der Waals surface area (Å²) in [4.78, 5) is 23.5. The highest BCUT2D eigenvalue weighted by molar-refractivity contribution is 7.47. The van der Waals surface area contributed by atoms with Gasteiger partial charge in [-0.3, -0.25) is 13.8 Å². The van der Waals surface area contributed by atoms with Crippen LogP contribution in [-0.2, 0) is 18.4 Å². The minimum absolute atomic E-state index is 0.0680. The highest BCUT2D eigenvalue weighted by Gasteiger charge is 2.28. The molecule has 0 rings (SSSR count). The minimum Gasteiger partial charge on any atom is -0.391 e. The van der Waals surface area contributed by atoms with Gasteiger partial charge in [-0.2, -0.15) is 0 Å². The van der Waals surface area contributed by atoms with E-state index in [1.165, 1.54) is 161 Å². The molecular formula is C75H134N2O6P+. The highest BCUT2D eigenvalue weighted by atomic mass is 31.2. The molecule has 0 aromatic rings. The molecular weight excluding hydrogens is 1060 g/mol. The second-order valence-corrected chi connectivity index (χ2v) is 26.0. The minimum atomic E-state index is -4.34. The first-order valence-corrected chi connectivity index (χ1v) is 36.4. The summed E-state index contributed by atoms with van der Waals surface area (Å²) >= 11 is 0. The van der Waals surface area contributed by atoms with Gasteiger partial charge in [-0.25, -0.2) is 4.57 Å². The molecule has 0 bridgehead atoms. The van der Waals surface area contributed by atoms with Crippen molar-refractivity contribution in [3.63, 3.8) is 0 Å². The Kier molecular flexibility index (Phi) is 62.0. The van der Waals surface area contributed by atoms with E-state index in [-0.39, 0.29) is 19.1 Å². The number of hydrogen-bond donors (Lipinski definition) is 3. The number of rotatable bonds is 63. The van der Waals surface area contributed by atoms with Crippen molar-refractivity contribution in [3.8, 4) is 0 Å². The number of carbonyl (C=O) groups excluding carboxylic acids is 1. The van der Waals surface area contributed by atoms with Crippen LogP contribution in [0.25, 0.3) is 0 Å². The van der Waals surface area contributed by atoms with Crippen molar-refractivity contribution in [2.45, 2.75) is 309 Å². The lowest BCUT2D eigenvalue weighted by Gasteiger charge is -2.26. The molecule has 0 radical (unpaired) electrons. The molecule has 84 heavy (non-hydrogen) atoms. The van der Waals surface area contributed by atoms with Crippen molar-refractivity contribution in [2.75, 3.05) is 40.9 Å². The first-order valence-electron chi connectivity index (χ1n) is 34.9. The Morgan fingerprint density at radius 3 is 1.05 bits per heavy atom. The average molecular weight is 1190 g/mol. The first kappa shape index (κ1) is 80.9. The third-order valence-corrected chi connectivity index (χ3v) is 16.2. The molecule has 0 saturated heterocycles. The number of phosphoric ester groups is 1. The van der Waals surface area contributed by atoms with E-state index in [4.69, 9.17) is 9.05 Å². The van der Waals surface area contributed by atoms with Crippen molar-refractivity contribution in [1.82, 2.24) is 5.32 Å². The predicted octanol–water partition coefficient (Wildman–Crippen LogP) is 22.4. The summed E-state index contributed by atoms with van der Waals surface area (Å²) in [6.07, 6.45) is 95.7. The second-order valence-electron chi connectivity index (χ2n) is 24.5. The molecule has 0 aliphatic carbocycles. The summed E-state index contributed by atoms with van der Waals surface area (Å²) in [7, 11) is 1.60. The number of nitrogens with one attached hydrogen (secondary N) is 1. The summed E-state index contributed by atoms with van der Waals surface area (Å²) in [5, 5.41) is 14.1. The van der Waals surface area contributed by atoms with E-state index in [1.54, 1.807) is 0 Å². The molecule has 9 heteroatoms. The van der Waals surface area contributed by atoms with Gasteiger partial charge in [0.25, 0.3) is 0 Å². The van der Waals surface area contributed by atoms with E-state index < -0.39 is 20.0 Å². The van der Waals surface area contributed by atoms with E-state index in [1.807, 2.05) is 21.1 Å². The Bertz CT molecular complexity index is 1780. The van der Waals surface area contributed by atoms with Crippen LogP contribution in [0.4, 0.5) is 0 Å². The molecule has 0 aliphatic heterocycles. The number of aliphatic hydroxyl groups excluding tert-OH is 1. The molecule has 3 atom stereocenters. The summed E-state index contributed by atoms with van der Waals surface area (Å²) in [6, 6.07) is -0.775. The van der Waals surface area contributed by atoms with Crippen LogP contribution >= 0.6 is 7.82 Å². The molecule has 0 fully saturated rings. The summed E-state index contributed by atoms with van der Waals surface area (Å²) in [5.74, 6) is -0.154. The van der Waals surface area contributed by atoms with Gasteiger partial charge in [0, 0.05) is 6.42 Å². The number of aliphatic hydroxyl groups is 1. The Labute approximate surface area is 520 Å². The monoisotopic (exact) mass is 1190 g/mol. The number of hydrogen-bond acceptors (Lipinski definition) is 5. The van der Waals surface area contributed by atoms with Gasteiger partial charge >= 0.3 is 7.82 Å². The zero-order valence-corrected chi connectivity index (χ0v) is 56.3. The van der Waals surface area contributed by atoms with Crippen LogP contribution in [0.3, 0.4) is 0 Å². The molecule has 0 aliphatic rings. The van der Waals surface area contributed by atoms with E-state index in [0.717, 1.165) is 109 Å². The summed E-state index contributed by atoms with van der Waals surface area (Å²) < 4.78 is 23.9. The Morgan fingerprint density at radius 2 is 0.714 bits per heavy atom. The Hall–Kier alpha value is -3.10. The number of nitrogens with zero attached hydrogens (tertiary/aromatic N) is 1. The zero-order chi connectivity index (χ0) is 61.2. The van der Waals surface area contributed by atoms with Gasteiger partial charge in [0.1, 0.15) is 13.2 Å². The zero-order valence-electron chi connectivity index (χ0n) is 55.4. The van der Waals surface area contributed by atoms with E-state index in [9.17, 15) is 19.4 Å². The maximum atomic E-state index is 13.1. The molecule has 3 unspecified atom stereocenters. The molecule has 0 spiro atoms. The van der Waals surface area contributed by atoms with Crippen LogP contribution in [0.2, 0.25) is 0 Å². The topological polar surface area (TPSA) is 105 Å². The smallest absolute Gasteiger partial charge is 0.391 e. The van der Waals surface area contributed by atoms with Gasteiger partial charge in [-0.05, 0) is 89.9 Å². The lowest BCUT2D eigenvalue weighted by Crippen LogP contribution is -2.46. The second kappa shape index (κ2) is 64.4. The van der Waals surface area contributed by atoms with Crippen LogP contribution in [0.15, 0.2) is 122 Å². The van der Waals surface area contributed by atoms with E-state index in [2.05, 4.69) is 141 Å². The van der Waals surface area contributed by atoms with Crippen LogP contribution in [-0.4, -0.2) is 73.4 Å². The van der Waals surface area contributed by atoms with Gasteiger partial charge in [0.2, 0.25) is 5.91 Å². The van der Waals surface area contributed by atoms with Gasteiger partial charge in [-0.15, -0.1) is 0 Å². The van der Waals surface area contributed by atoms with Crippen molar-refractivity contribution in [2.24, 2.45) is 0 Å². The quantitative estimate of drug-likeness (QED) is 0.0243. The average Bonchev–Trinajstić information content (AvgIpc) is 3.56. The molecule has 0 aromatic heterocycles. The normalized spacial score (nSPS) is 14.4. The standard InChI is InChI=1S/C75H133N2O6P/c1-6-8-10-12-14-16-18-20-22-24-26-28-30-31-32-33-34-35-36-37-38-39-40-41-42-43-44-45-47-49-51-53-55-57-59-61-63-65-67-69-75(79)76-73(72-83-84(80,81)82-71-70-77(3,4)5)74(78)68-66-64-62-60-58-56-54-52-50-48-46-29-27-25-23-21-19-17-15-13-11-9-7-2/h8,10,14,16,20,22,26,28,31-32,34-35,37-38,40-41,43-44,47,49,73-74,78H,6-7,9,11-13,15,17-19,21,23-25,27,29-30,33,36,39,42,45-46,48,50-72H2,1-5H3,(H-,76,79,80,81)/p+1/b10-8-,16-14-,22-20-,28-26-,32-31-,35-34-,38-37-,41-40-,44-43-,49-47-. The lowest BCUT2D eigenvalue weighted by molar-refractivity contribution is -0.870. The molecule has 0 saturated carbocycles. The molecule has 3 N–H and O–H groups in total. The third-order valence-electron chi connectivity index (χ3n) is 15.2. The van der Waals surface area contributed by atoms with Gasteiger partial charge in [0.05, 0.1) is 39.9 Å². The van der Waals surface area contributed by atoms with Gasteiger partial charge in [0.15, 0.2) is 0 Å². The van der Waals surface area contributed by atoms with Crippen LogP contribution < -0.4 is 5.32 Å². The van der Waals surface area contributed by atoms with Crippen molar-refractivity contribution in [1.29, 1.82) is 0 Å². The molecule has 1 amide bonds. The predicted molar refractivity (Wildman–Crippen MR) is 368 cm³/mol. The number of unbranched alkanes of at least 4 members (excludes halogenated alkanes) is 30. The fourth-order valence-electron chi connectivity index (χ4n) is 9.84. The largest absolute Gasteiger partial charge is 0.472 e. The molecule has 484 valence electrons. The summed E-state index contributed by atoms with van der Waals surface area (Å²) in [6.45, 7) is 4.79. The van der Waals surface area contributed by atoms with Crippen molar-refractivity contribution < 1.29 is 32.9 Å². The number of likely N-dealkylation sites (N-methyl/N-ethyl adjacent to an activating group) is 1. The maximum Gasteiger partial charge on any atom is 0.472 e. The number of amides is 1. The van der Waals surface area contributed by atoms with Crippen molar-refractivity contribution in [3.05, 3.63) is 122 Å². The maximum absolute atomic E-state index is 13.1. The first-order chi connectivity index (χ1) is 41.0. The lowest BCUT2D eigenvalue weighted by atomic mass is 10.0. The van der Waals surface area contributed by atoms with E-state index in [0.29, 0.717) is 23.9 Å².